The van der Waals surface area contributed by atoms with Gasteiger partial charge in [0.2, 0.25) is 0 Å². The van der Waals surface area contributed by atoms with Crippen molar-refractivity contribution >= 4 is 22.4 Å². The fraction of sp³-hybridized carbons (Fsp3) is 0.368. The second kappa shape index (κ2) is 7.27. The molecule has 1 N–H and O–H groups in total. The van der Waals surface area contributed by atoms with Gasteiger partial charge in [-0.3, -0.25) is 4.79 Å². The van der Waals surface area contributed by atoms with E-state index in [2.05, 4.69) is 17.5 Å². The molecule has 1 saturated carbocycles. The van der Waals surface area contributed by atoms with Crippen molar-refractivity contribution in [1.29, 1.82) is 0 Å². The number of ether oxygens (including phenoxy) is 1. The summed E-state index contributed by atoms with van der Waals surface area (Å²) in [6.07, 6.45) is 4.36. The summed E-state index contributed by atoms with van der Waals surface area (Å²) < 4.78 is 5.66. The van der Waals surface area contributed by atoms with Crippen LogP contribution in [-0.2, 0) is 4.79 Å². The molecule has 23 heavy (non-hydrogen) atoms. The van der Waals surface area contributed by atoms with Gasteiger partial charge in [-0.15, -0.1) is 0 Å². The summed E-state index contributed by atoms with van der Waals surface area (Å²) in [6.45, 7) is 2.19. The molecule has 1 atom stereocenters. The fourth-order valence-corrected chi connectivity index (χ4v) is 3.00. The molecule has 120 valence electrons. The van der Waals surface area contributed by atoms with Gasteiger partial charge in [0, 0.05) is 11.1 Å². The molecule has 1 unspecified atom stereocenters. The van der Waals surface area contributed by atoms with Crippen LogP contribution in [0.2, 0.25) is 0 Å². The van der Waals surface area contributed by atoms with Crippen molar-refractivity contribution < 1.29 is 9.53 Å². The van der Waals surface area contributed by atoms with Crippen molar-refractivity contribution in [3.8, 4) is 5.75 Å². The summed E-state index contributed by atoms with van der Waals surface area (Å²) in [5.41, 5.74) is 3.70. The number of hydrazone groups is 1. The van der Waals surface area contributed by atoms with Crippen molar-refractivity contribution in [2.45, 2.75) is 32.6 Å². The molecule has 0 radical (unpaired) electrons. The maximum atomic E-state index is 11.9. The summed E-state index contributed by atoms with van der Waals surface area (Å²) in [5.74, 6) is 1.16. The van der Waals surface area contributed by atoms with Crippen LogP contribution in [0.3, 0.4) is 0 Å². The Morgan fingerprint density at radius 1 is 1.26 bits per heavy atom. The lowest BCUT2D eigenvalue weighted by atomic mass is 9.89. The molecular formula is C19H22N2O2. The highest BCUT2D eigenvalue weighted by Crippen LogP contribution is 2.25. The topological polar surface area (TPSA) is 50.7 Å². The Morgan fingerprint density at radius 3 is 2.96 bits per heavy atom. The van der Waals surface area contributed by atoms with E-state index in [-0.39, 0.29) is 12.5 Å². The van der Waals surface area contributed by atoms with Gasteiger partial charge in [-0.2, -0.15) is 5.10 Å². The Kier molecular flexibility index (Phi) is 4.91. The van der Waals surface area contributed by atoms with E-state index in [1.165, 1.54) is 6.42 Å². The Balaban J connectivity index is 1.57. The molecule has 3 rings (SSSR count). The summed E-state index contributed by atoms with van der Waals surface area (Å²) in [4.78, 5) is 11.9. The van der Waals surface area contributed by atoms with E-state index in [1.54, 1.807) is 0 Å². The van der Waals surface area contributed by atoms with Crippen LogP contribution in [0.1, 0.15) is 32.6 Å². The summed E-state index contributed by atoms with van der Waals surface area (Å²) >= 11 is 0. The van der Waals surface area contributed by atoms with Crippen LogP contribution in [0.25, 0.3) is 10.8 Å². The van der Waals surface area contributed by atoms with E-state index in [4.69, 9.17) is 4.74 Å². The molecule has 1 aliphatic rings. The predicted octanol–water partition coefficient (Wildman–Crippen LogP) is 3.90. The first-order valence-corrected chi connectivity index (χ1v) is 8.17. The lowest BCUT2D eigenvalue weighted by molar-refractivity contribution is -0.123. The van der Waals surface area contributed by atoms with Gasteiger partial charge in [0.25, 0.3) is 5.91 Å². The average molecular weight is 310 g/mol. The van der Waals surface area contributed by atoms with Crippen LogP contribution in [0.4, 0.5) is 0 Å². The number of carbonyl (C=O) groups excluding carboxylic acids is 1. The summed E-state index contributed by atoms with van der Waals surface area (Å²) in [7, 11) is 0. The van der Waals surface area contributed by atoms with Gasteiger partial charge >= 0.3 is 0 Å². The maximum Gasteiger partial charge on any atom is 0.277 e. The van der Waals surface area contributed by atoms with E-state index in [0.29, 0.717) is 5.92 Å². The van der Waals surface area contributed by atoms with Gasteiger partial charge in [0.1, 0.15) is 5.75 Å². The lowest BCUT2D eigenvalue weighted by Crippen LogP contribution is -2.27. The predicted molar refractivity (Wildman–Crippen MR) is 92.7 cm³/mol. The monoisotopic (exact) mass is 310 g/mol. The van der Waals surface area contributed by atoms with E-state index >= 15 is 0 Å². The summed E-state index contributed by atoms with van der Waals surface area (Å²) in [5, 5.41) is 6.35. The third-order valence-corrected chi connectivity index (χ3v) is 4.19. The van der Waals surface area contributed by atoms with Gasteiger partial charge < -0.3 is 4.74 Å². The standard InChI is InChI=1S/C19H22N2O2/c1-14-6-4-9-16(12-14)20-21-19(22)13-23-18-11-5-8-15-7-2-3-10-17(15)18/h2-3,5,7-8,10-11,14H,4,6,9,12-13H2,1H3,(H,21,22). The molecule has 0 aromatic heterocycles. The zero-order valence-electron chi connectivity index (χ0n) is 13.4. The van der Waals surface area contributed by atoms with Crippen molar-refractivity contribution in [2.75, 3.05) is 6.61 Å². The van der Waals surface area contributed by atoms with Crippen LogP contribution in [0.5, 0.6) is 5.75 Å². The van der Waals surface area contributed by atoms with Gasteiger partial charge in [0.05, 0.1) is 0 Å². The molecule has 0 bridgehead atoms. The zero-order valence-corrected chi connectivity index (χ0v) is 13.4. The van der Waals surface area contributed by atoms with Crippen LogP contribution >= 0.6 is 0 Å². The molecule has 0 heterocycles. The molecule has 0 aliphatic heterocycles. The Bertz CT molecular complexity index is 719. The fourth-order valence-electron chi connectivity index (χ4n) is 3.00. The highest BCUT2D eigenvalue weighted by Gasteiger charge is 2.14. The van der Waals surface area contributed by atoms with Gasteiger partial charge in [-0.25, -0.2) is 5.43 Å². The first kappa shape index (κ1) is 15.5. The van der Waals surface area contributed by atoms with E-state index in [9.17, 15) is 4.79 Å². The molecule has 1 amide bonds. The van der Waals surface area contributed by atoms with Crippen LogP contribution < -0.4 is 10.2 Å². The number of carbonyl (C=O) groups is 1. The number of amides is 1. The molecule has 1 aliphatic carbocycles. The second-order valence-corrected chi connectivity index (χ2v) is 6.18. The number of hydrogen-bond donors (Lipinski definition) is 1. The minimum absolute atomic E-state index is 0.0274. The number of nitrogens with zero attached hydrogens (tertiary/aromatic N) is 1. The van der Waals surface area contributed by atoms with E-state index in [1.807, 2.05) is 42.5 Å². The highest BCUT2D eigenvalue weighted by atomic mass is 16.5. The van der Waals surface area contributed by atoms with Crippen molar-refractivity contribution in [3.63, 3.8) is 0 Å². The van der Waals surface area contributed by atoms with Crippen molar-refractivity contribution in [3.05, 3.63) is 42.5 Å². The van der Waals surface area contributed by atoms with Crippen molar-refractivity contribution in [2.24, 2.45) is 11.0 Å². The first-order valence-electron chi connectivity index (χ1n) is 8.17. The molecule has 1 fully saturated rings. The maximum absolute atomic E-state index is 11.9. The number of nitrogens with one attached hydrogen (secondary N) is 1. The quantitative estimate of drug-likeness (QED) is 0.871. The number of hydrogen-bond acceptors (Lipinski definition) is 3. The van der Waals surface area contributed by atoms with Crippen molar-refractivity contribution in [1.82, 2.24) is 5.43 Å². The molecule has 0 spiro atoms. The van der Waals surface area contributed by atoms with Gasteiger partial charge in [-0.1, -0.05) is 43.3 Å². The minimum atomic E-state index is -0.219. The molecule has 4 heteroatoms. The lowest BCUT2D eigenvalue weighted by Gasteiger charge is -2.18. The molecular weight excluding hydrogens is 288 g/mol. The third kappa shape index (κ3) is 4.09. The van der Waals surface area contributed by atoms with Crippen LogP contribution in [-0.4, -0.2) is 18.2 Å². The largest absolute Gasteiger partial charge is 0.483 e. The number of benzene rings is 2. The van der Waals surface area contributed by atoms with Gasteiger partial charge in [-0.05, 0) is 43.1 Å². The Labute approximate surface area is 136 Å². The average Bonchev–Trinajstić information content (AvgIpc) is 2.58. The third-order valence-electron chi connectivity index (χ3n) is 4.19. The Morgan fingerprint density at radius 2 is 2.09 bits per heavy atom. The van der Waals surface area contributed by atoms with E-state index in [0.717, 1.165) is 41.5 Å². The zero-order chi connectivity index (χ0) is 16.1. The minimum Gasteiger partial charge on any atom is -0.483 e. The number of rotatable bonds is 4. The SMILES string of the molecule is CC1CCCC(=NNC(=O)COc2cccc3ccccc23)C1. The first-order chi connectivity index (χ1) is 11.2. The molecule has 2 aromatic carbocycles. The smallest absolute Gasteiger partial charge is 0.277 e. The van der Waals surface area contributed by atoms with Crippen LogP contribution in [0.15, 0.2) is 47.6 Å². The highest BCUT2D eigenvalue weighted by molar-refractivity contribution is 5.89. The summed E-state index contributed by atoms with van der Waals surface area (Å²) in [6, 6.07) is 13.8. The normalized spacial score (nSPS) is 19.7. The van der Waals surface area contributed by atoms with Gasteiger partial charge in [0.15, 0.2) is 6.61 Å². The van der Waals surface area contributed by atoms with Crippen LogP contribution in [0, 0.1) is 5.92 Å². The Hall–Kier alpha value is -2.36. The number of fused-ring (bicyclic) bond motifs is 1. The molecule has 4 nitrogen and oxygen atoms in total. The molecule has 0 saturated heterocycles. The molecule has 2 aromatic rings. The second-order valence-electron chi connectivity index (χ2n) is 6.18. The van der Waals surface area contributed by atoms with E-state index < -0.39 is 0 Å².